The van der Waals surface area contributed by atoms with Crippen molar-refractivity contribution in [1.82, 2.24) is 10.6 Å². The van der Waals surface area contributed by atoms with Crippen LogP contribution in [-0.4, -0.2) is 25.5 Å². The number of piperidine rings is 1. The minimum Gasteiger partial charge on any atom is -0.356 e. The molecule has 1 aliphatic rings. The Labute approximate surface area is 93.0 Å². The maximum absolute atomic E-state index is 11.8. The highest BCUT2D eigenvalue weighted by atomic mass is 16.1. The van der Waals surface area contributed by atoms with Crippen LogP contribution in [0.4, 0.5) is 0 Å². The zero-order chi connectivity index (χ0) is 11.3. The number of hydrogen-bond donors (Lipinski definition) is 2. The number of carbonyl (C=O) groups is 1. The van der Waals surface area contributed by atoms with Crippen LogP contribution in [0.1, 0.15) is 33.6 Å². The third-order valence-corrected chi connectivity index (χ3v) is 3.40. The highest BCUT2D eigenvalue weighted by molar-refractivity contribution is 5.78. The quantitative estimate of drug-likeness (QED) is 0.739. The molecule has 0 aromatic carbocycles. The fraction of sp³-hybridized carbons (Fsp3) is 0.917. The first kappa shape index (κ1) is 12.5. The highest BCUT2D eigenvalue weighted by Crippen LogP contribution is 2.11. The molecule has 88 valence electrons. The van der Waals surface area contributed by atoms with Crippen LogP contribution < -0.4 is 10.6 Å². The maximum atomic E-state index is 11.8. The Bertz CT molecular complexity index is 198. The summed E-state index contributed by atoms with van der Waals surface area (Å²) in [5, 5.41) is 6.32. The molecular formula is C12H24N2O. The zero-order valence-electron chi connectivity index (χ0n) is 10.2. The summed E-state index contributed by atoms with van der Waals surface area (Å²) in [5.41, 5.74) is 0. The molecular weight excluding hydrogens is 188 g/mol. The summed E-state index contributed by atoms with van der Waals surface area (Å²) < 4.78 is 0. The Balaban J connectivity index is 2.22. The average Bonchev–Trinajstić information content (AvgIpc) is 2.26. The van der Waals surface area contributed by atoms with Crippen LogP contribution in [0.2, 0.25) is 0 Å². The van der Waals surface area contributed by atoms with Gasteiger partial charge in [-0.05, 0) is 31.2 Å². The van der Waals surface area contributed by atoms with Gasteiger partial charge in [-0.15, -0.1) is 0 Å². The first-order chi connectivity index (χ1) is 7.11. The van der Waals surface area contributed by atoms with E-state index in [4.69, 9.17) is 0 Å². The van der Waals surface area contributed by atoms with E-state index in [0.717, 1.165) is 32.5 Å². The van der Waals surface area contributed by atoms with Gasteiger partial charge in [-0.1, -0.05) is 20.8 Å². The van der Waals surface area contributed by atoms with E-state index < -0.39 is 0 Å². The largest absolute Gasteiger partial charge is 0.356 e. The van der Waals surface area contributed by atoms with Gasteiger partial charge in [0.05, 0.1) is 5.92 Å². The summed E-state index contributed by atoms with van der Waals surface area (Å²) in [6.45, 7) is 9.29. The first-order valence-corrected chi connectivity index (χ1v) is 6.09. The molecule has 1 rings (SSSR count). The Hall–Kier alpha value is -0.570. The molecule has 1 heterocycles. The number of rotatable bonds is 4. The van der Waals surface area contributed by atoms with Gasteiger partial charge in [0.1, 0.15) is 0 Å². The summed E-state index contributed by atoms with van der Waals surface area (Å²) in [5.74, 6) is 1.62. The number of nitrogens with one attached hydrogen (secondary N) is 2. The van der Waals surface area contributed by atoms with E-state index in [1.54, 1.807) is 0 Å². The van der Waals surface area contributed by atoms with Crippen LogP contribution >= 0.6 is 0 Å². The van der Waals surface area contributed by atoms with Crippen LogP contribution in [0.5, 0.6) is 0 Å². The third-order valence-electron chi connectivity index (χ3n) is 3.40. The van der Waals surface area contributed by atoms with Gasteiger partial charge in [-0.2, -0.15) is 0 Å². The predicted molar refractivity (Wildman–Crippen MR) is 62.6 cm³/mol. The SMILES string of the molecule is CC(C)C(C)CNC(=O)C1CCCNC1. The topological polar surface area (TPSA) is 41.1 Å². The Morgan fingerprint density at radius 3 is 2.73 bits per heavy atom. The van der Waals surface area contributed by atoms with Gasteiger partial charge in [0.25, 0.3) is 0 Å². The molecule has 0 aromatic rings. The number of carbonyl (C=O) groups excluding carboxylic acids is 1. The molecule has 0 spiro atoms. The van der Waals surface area contributed by atoms with Crippen molar-refractivity contribution in [2.24, 2.45) is 17.8 Å². The molecule has 2 atom stereocenters. The maximum Gasteiger partial charge on any atom is 0.224 e. The normalized spacial score (nSPS) is 23.9. The average molecular weight is 212 g/mol. The van der Waals surface area contributed by atoms with Crippen molar-refractivity contribution in [2.45, 2.75) is 33.6 Å². The molecule has 3 heteroatoms. The van der Waals surface area contributed by atoms with Crippen molar-refractivity contribution in [3.63, 3.8) is 0 Å². The fourth-order valence-corrected chi connectivity index (χ4v) is 1.72. The molecule has 1 fully saturated rings. The molecule has 0 aliphatic carbocycles. The lowest BCUT2D eigenvalue weighted by Crippen LogP contribution is -2.42. The van der Waals surface area contributed by atoms with E-state index in [9.17, 15) is 4.79 Å². The molecule has 1 aliphatic heterocycles. The lowest BCUT2D eigenvalue weighted by molar-refractivity contribution is -0.125. The summed E-state index contributed by atoms with van der Waals surface area (Å²) in [4.78, 5) is 11.8. The molecule has 1 saturated heterocycles. The summed E-state index contributed by atoms with van der Waals surface area (Å²) >= 11 is 0. The first-order valence-electron chi connectivity index (χ1n) is 6.09. The van der Waals surface area contributed by atoms with Crippen molar-refractivity contribution in [3.05, 3.63) is 0 Å². The van der Waals surface area contributed by atoms with Gasteiger partial charge in [-0.3, -0.25) is 4.79 Å². The zero-order valence-corrected chi connectivity index (χ0v) is 10.2. The van der Waals surface area contributed by atoms with E-state index in [1.165, 1.54) is 0 Å². The van der Waals surface area contributed by atoms with Crippen LogP contribution in [0.3, 0.4) is 0 Å². The summed E-state index contributed by atoms with van der Waals surface area (Å²) in [6.07, 6.45) is 2.16. The Morgan fingerprint density at radius 2 is 2.20 bits per heavy atom. The number of amides is 1. The molecule has 0 bridgehead atoms. The monoisotopic (exact) mass is 212 g/mol. The molecule has 0 radical (unpaired) electrons. The number of hydrogen-bond acceptors (Lipinski definition) is 2. The van der Waals surface area contributed by atoms with Crippen LogP contribution in [0, 0.1) is 17.8 Å². The van der Waals surface area contributed by atoms with Gasteiger partial charge >= 0.3 is 0 Å². The van der Waals surface area contributed by atoms with Gasteiger partial charge in [-0.25, -0.2) is 0 Å². The molecule has 3 nitrogen and oxygen atoms in total. The summed E-state index contributed by atoms with van der Waals surface area (Å²) in [6, 6.07) is 0. The highest BCUT2D eigenvalue weighted by Gasteiger charge is 2.21. The van der Waals surface area contributed by atoms with Crippen molar-refractivity contribution in [1.29, 1.82) is 0 Å². The second kappa shape index (κ2) is 6.11. The fourth-order valence-electron chi connectivity index (χ4n) is 1.72. The van der Waals surface area contributed by atoms with Crippen LogP contribution in [-0.2, 0) is 4.79 Å². The molecule has 2 N–H and O–H groups in total. The van der Waals surface area contributed by atoms with Crippen molar-refractivity contribution in [2.75, 3.05) is 19.6 Å². The van der Waals surface area contributed by atoms with Crippen LogP contribution in [0.25, 0.3) is 0 Å². The molecule has 15 heavy (non-hydrogen) atoms. The minimum absolute atomic E-state index is 0.193. The molecule has 0 saturated carbocycles. The predicted octanol–water partition coefficient (Wildman–Crippen LogP) is 1.39. The van der Waals surface area contributed by atoms with Gasteiger partial charge < -0.3 is 10.6 Å². The second-order valence-corrected chi connectivity index (χ2v) is 5.01. The standard InChI is InChI=1S/C12H24N2O/c1-9(2)10(3)7-14-12(15)11-5-4-6-13-8-11/h9-11,13H,4-8H2,1-3H3,(H,14,15). The van der Waals surface area contributed by atoms with E-state index >= 15 is 0 Å². The lowest BCUT2D eigenvalue weighted by atomic mass is 9.96. The van der Waals surface area contributed by atoms with E-state index in [0.29, 0.717) is 11.8 Å². The van der Waals surface area contributed by atoms with E-state index in [-0.39, 0.29) is 11.8 Å². The Morgan fingerprint density at radius 1 is 1.47 bits per heavy atom. The van der Waals surface area contributed by atoms with Crippen molar-refractivity contribution < 1.29 is 4.79 Å². The van der Waals surface area contributed by atoms with E-state index in [2.05, 4.69) is 31.4 Å². The molecule has 1 amide bonds. The Kier molecular flexibility index (Phi) is 5.09. The molecule has 0 aromatic heterocycles. The van der Waals surface area contributed by atoms with Gasteiger partial charge in [0, 0.05) is 13.1 Å². The van der Waals surface area contributed by atoms with E-state index in [1.807, 2.05) is 0 Å². The lowest BCUT2D eigenvalue weighted by Gasteiger charge is -2.23. The van der Waals surface area contributed by atoms with Crippen molar-refractivity contribution in [3.8, 4) is 0 Å². The van der Waals surface area contributed by atoms with Crippen LogP contribution in [0.15, 0.2) is 0 Å². The van der Waals surface area contributed by atoms with Gasteiger partial charge in [0.15, 0.2) is 0 Å². The van der Waals surface area contributed by atoms with Gasteiger partial charge in [0.2, 0.25) is 5.91 Å². The smallest absolute Gasteiger partial charge is 0.224 e. The summed E-state index contributed by atoms with van der Waals surface area (Å²) in [7, 11) is 0. The van der Waals surface area contributed by atoms with Crippen molar-refractivity contribution >= 4 is 5.91 Å². The second-order valence-electron chi connectivity index (χ2n) is 5.01. The molecule has 2 unspecified atom stereocenters. The minimum atomic E-state index is 0.193. The third kappa shape index (κ3) is 4.20.